The zero-order valence-corrected chi connectivity index (χ0v) is 46.1. The molecule has 0 bridgehead atoms. The van der Waals surface area contributed by atoms with Crippen LogP contribution >= 0.6 is 0 Å². The molecule has 4 aliphatic heterocycles. The molecule has 0 unspecified atom stereocenters. The highest BCUT2D eigenvalue weighted by Crippen LogP contribution is 2.70. The van der Waals surface area contributed by atoms with E-state index in [-0.39, 0.29) is 0 Å². The van der Waals surface area contributed by atoms with Crippen molar-refractivity contribution in [2.45, 2.75) is 0 Å². The van der Waals surface area contributed by atoms with Crippen molar-refractivity contribution in [2.24, 2.45) is 7.05 Å². The molecule has 0 radical (unpaired) electrons. The summed E-state index contributed by atoms with van der Waals surface area (Å²) in [5.41, 5.74) is 25.8. The van der Waals surface area contributed by atoms with Crippen molar-refractivity contribution in [3.8, 4) is 22.5 Å². The van der Waals surface area contributed by atoms with Gasteiger partial charge in [-0.2, -0.15) is 0 Å². The lowest BCUT2D eigenvalue weighted by molar-refractivity contribution is 0.956. The van der Waals surface area contributed by atoms with Crippen LogP contribution in [0.3, 0.4) is 0 Å². The number of hydrogen-bond acceptors (Lipinski definition) is 9. The van der Waals surface area contributed by atoms with Crippen LogP contribution in [-0.2, 0) is 7.05 Å². The highest BCUT2D eigenvalue weighted by molar-refractivity contribution is 6.23. The van der Waals surface area contributed by atoms with Gasteiger partial charge in [-0.25, -0.2) is 4.98 Å². The van der Waals surface area contributed by atoms with Gasteiger partial charge in [-0.05, 0) is 115 Å². The largest absolute Gasteiger partial charge is 0.341 e. The van der Waals surface area contributed by atoms with E-state index in [4.69, 9.17) is 4.98 Å². The van der Waals surface area contributed by atoms with Crippen LogP contribution in [0.4, 0.5) is 114 Å². The van der Waals surface area contributed by atoms with E-state index in [9.17, 15) is 0 Å². The summed E-state index contributed by atoms with van der Waals surface area (Å²) < 4.78 is 2.33. The molecule has 82 heavy (non-hydrogen) atoms. The molecule has 10 heteroatoms. The van der Waals surface area contributed by atoms with Crippen LogP contribution in [0.25, 0.3) is 33.5 Å². The monoisotopic (exact) mass is 1060 g/mol. The molecule has 0 saturated carbocycles. The van der Waals surface area contributed by atoms with Crippen LogP contribution in [0, 0.1) is 0 Å². The first-order valence-corrected chi connectivity index (χ1v) is 28.0. The Labute approximate surface area is 477 Å². The maximum Gasteiger partial charge on any atom is 0.145 e. The number of imidazole rings is 1. The van der Waals surface area contributed by atoms with Crippen molar-refractivity contribution < 1.29 is 0 Å². The molecular weight excluding hydrogens is 1000 g/mol. The third kappa shape index (κ3) is 6.66. The summed E-state index contributed by atoms with van der Waals surface area (Å²) in [5.74, 6) is 0.808. The zero-order valence-electron chi connectivity index (χ0n) is 46.1. The van der Waals surface area contributed by atoms with E-state index in [2.05, 4.69) is 328 Å². The molecule has 11 aromatic carbocycles. The van der Waals surface area contributed by atoms with Crippen molar-refractivity contribution in [1.82, 2.24) is 9.55 Å². The van der Waals surface area contributed by atoms with Gasteiger partial charge in [0.25, 0.3) is 0 Å². The average molecular weight is 1060 g/mol. The SMILES string of the molecule is CN1c2ccccc2N(c2c(-c3ccccc3)c(N3c4ccccc4N(C)c4ccccc43)c(N3c4ccccc4N(C)c4ccccc43)c(-c3nc4ccccc4n3C)c2N2c3ccccc3N(C)c3ccccc32)c2ccccc21. The Morgan fingerprint density at radius 3 is 0.744 bits per heavy atom. The van der Waals surface area contributed by atoms with E-state index >= 15 is 0 Å². The number of hydrogen-bond donors (Lipinski definition) is 0. The molecule has 0 saturated heterocycles. The number of benzene rings is 11. The second-order valence-electron chi connectivity index (χ2n) is 21.5. The van der Waals surface area contributed by atoms with Gasteiger partial charge in [0, 0.05) is 40.8 Å². The minimum atomic E-state index is 0.808. The maximum absolute atomic E-state index is 5.96. The van der Waals surface area contributed by atoms with Gasteiger partial charge < -0.3 is 43.8 Å². The Morgan fingerprint density at radius 1 is 0.232 bits per heavy atom. The number of rotatable bonds is 6. The molecule has 394 valence electrons. The predicted octanol–water partition coefficient (Wildman–Crippen LogP) is 19.1. The number of aryl methyl sites for hydroxylation is 1. The van der Waals surface area contributed by atoms with Gasteiger partial charge in [0.15, 0.2) is 0 Å². The molecule has 10 nitrogen and oxygen atoms in total. The molecule has 5 heterocycles. The Balaban J connectivity index is 1.25. The molecule has 0 amide bonds. The minimum Gasteiger partial charge on any atom is -0.341 e. The number of anilines is 20. The molecule has 0 N–H and O–H groups in total. The van der Waals surface area contributed by atoms with Gasteiger partial charge >= 0.3 is 0 Å². The summed E-state index contributed by atoms with van der Waals surface area (Å²) in [7, 11) is 11.0. The number of nitrogens with zero attached hydrogens (tertiary/aromatic N) is 10. The molecule has 0 atom stereocenters. The van der Waals surface area contributed by atoms with Crippen LogP contribution in [-0.4, -0.2) is 37.7 Å². The molecule has 1 aromatic heterocycles. The second kappa shape index (κ2) is 18.2. The second-order valence-corrected chi connectivity index (χ2v) is 21.5. The highest BCUT2D eigenvalue weighted by Gasteiger charge is 2.46. The summed E-state index contributed by atoms with van der Waals surface area (Å²) in [4.78, 5) is 25.6. The fraction of sp³-hybridized carbons (Fsp3) is 0.0694. The van der Waals surface area contributed by atoms with Gasteiger partial charge in [-0.3, -0.25) is 0 Å². The normalized spacial score (nSPS) is 13.7. The average Bonchev–Trinajstić information content (AvgIpc) is 3.25. The zero-order chi connectivity index (χ0) is 54.9. The van der Waals surface area contributed by atoms with E-state index in [0.29, 0.717) is 0 Å². The van der Waals surface area contributed by atoms with E-state index in [1.165, 1.54) is 0 Å². The van der Waals surface area contributed by atoms with E-state index in [1.807, 2.05) is 0 Å². The predicted molar refractivity (Wildman–Crippen MR) is 343 cm³/mol. The molecular formula is C72H56N10. The smallest absolute Gasteiger partial charge is 0.145 e. The fourth-order valence-electron chi connectivity index (χ4n) is 13.5. The quantitative estimate of drug-likeness (QED) is 0.162. The summed E-state index contributed by atoms with van der Waals surface area (Å²) in [6.45, 7) is 0. The Morgan fingerprint density at radius 2 is 0.463 bits per heavy atom. The van der Waals surface area contributed by atoms with E-state index < -0.39 is 0 Å². The maximum atomic E-state index is 5.96. The summed E-state index contributed by atoms with van der Waals surface area (Å²) in [6.07, 6.45) is 0. The van der Waals surface area contributed by atoms with Crippen molar-refractivity contribution in [2.75, 3.05) is 67.4 Å². The first-order valence-electron chi connectivity index (χ1n) is 28.0. The number of para-hydroxylation sites is 18. The molecule has 4 aliphatic rings. The van der Waals surface area contributed by atoms with Crippen LogP contribution in [0.5, 0.6) is 0 Å². The summed E-state index contributed by atoms with van der Waals surface area (Å²) in [6, 6.07) is 90.9. The summed E-state index contributed by atoms with van der Waals surface area (Å²) in [5, 5.41) is 0. The van der Waals surface area contributed by atoms with Gasteiger partial charge in [-0.1, -0.05) is 140 Å². The first-order chi connectivity index (χ1) is 40.4. The minimum absolute atomic E-state index is 0.808. The molecule has 12 aromatic rings. The third-order valence-electron chi connectivity index (χ3n) is 17.2. The third-order valence-corrected chi connectivity index (χ3v) is 17.2. The van der Waals surface area contributed by atoms with E-state index in [0.717, 1.165) is 147 Å². The van der Waals surface area contributed by atoms with Crippen LogP contribution in [0.1, 0.15) is 0 Å². The lowest BCUT2D eigenvalue weighted by atomic mass is 9.88. The number of fused-ring (bicyclic) bond motifs is 9. The topological polar surface area (TPSA) is 43.7 Å². The standard InChI is InChI=1S/C72H56N10/c1-74-50-31-11-19-39-58(50)79(59-40-20-12-32-51(59)74)68-66(47-27-7-6-8-28-47)69(80-60-41-21-13-33-52(60)75(2)53-34-14-22-42-61(53)80)71(82-64-45-25-17-37-56(64)77(4)57-38-18-26-46-65(57)82)67(72-73-48-29-9-10-30-49(48)78(72)5)70(68)81-62-43-23-15-35-54(62)76(3)55-36-16-24-44-63(55)81/h6-46H,1-5H3. The van der Waals surface area contributed by atoms with Crippen molar-refractivity contribution in [1.29, 1.82) is 0 Å². The van der Waals surface area contributed by atoms with Crippen LogP contribution < -0.4 is 39.2 Å². The Bertz CT molecular complexity index is 4150. The van der Waals surface area contributed by atoms with Gasteiger partial charge in [0.2, 0.25) is 0 Å². The first kappa shape index (κ1) is 47.3. The fourth-order valence-corrected chi connectivity index (χ4v) is 13.5. The van der Waals surface area contributed by atoms with Crippen LogP contribution in [0.15, 0.2) is 249 Å². The van der Waals surface area contributed by atoms with E-state index in [1.54, 1.807) is 0 Å². The summed E-state index contributed by atoms with van der Waals surface area (Å²) >= 11 is 0. The van der Waals surface area contributed by atoms with Gasteiger partial charge in [0.05, 0.1) is 130 Å². The Hall–Kier alpha value is -10.7. The highest BCUT2D eigenvalue weighted by atomic mass is 15.3. The molecule has 16 rings (SSSR count). The van der Waals surface area contributed by atoms with Crippen LogP contribution in [0.2, 0.25) is 0 Å². The van der Waals surface area contributed by atoms with Gasteiger partial charge in [-0.15, -0.1) is 0 Å². The lowest BCUT2D eigenvalue weighted by Crippen LogP contribution is -2.32. The van der Waals surface area contributed by atoms with Gasteiger partial charge in [0.1, 0.15) is 5.82 Å². The molecule has 0 aliphatic carbocycles. The van der Waals surface area contributed by atoms with Crippen molar-refractivity contribution in [3.63, 3.8) is 0 Å². The van der Waals surface area contributed by atoms with Crippen molar-refractivity contribution in [3.05, 3.63) is 249 Å². The Kier molecular flexibility index (Phi) is 10.5. The molecule has 0 spiro atoms. The van der Waals surface area contributed by atoms with Crippen molar-refractivity contribution >= 4 is 125 Å². The molecule has 0 fully saturated rings. The lowest BCUT2D eigenvalue weighted by Gasteiger charge is -2.48. The number of aromatic nitrogens is 2.